The van der Waals surface area contributed by atoms with Crippen LogP contribution in [0.1, 0.15) is 45.2 Å². The van der Waals surface area contributed by atoms with Gasteiger partial charge in [-0.05, 0) is 43.2 Å². The first-order valence-electron chi connectivity index (χ1n) is 13.5. The normalized spacial score (nSPS) is 15.8. The minimum Gasteiger partial charge on any atom is -0.335 e. The van der Waals surface area contributed by atoms with Crippen molar-refractivity contribution >= 4 is 40.1 Å². The van der Waals surface area contributed by atoms with Crippen molar-refractivity contribution in [2.24, 2.45) is 0 Å². The Bertz CT molecular complexity index is 1540. The highest BCUT2D eigenvalue weighted by atomic mass is 35.5. The monoisotopic (exact) mass is 542 g/mol. The van der Waals surface area contributed by atoms with E-state index in [9.17, 15) is 9.59 Å². The Morgan fingerprint density at radius 3 is 2.56 bits per heavy atom. The van der Waals surface area contributed by atoms with Gasteiger partial charge in [-0.1, -0.05) is 41.9 Å². The number of halogens is 1. The molecule has 0 saturated carbocycles. The molecular formula is C30H31ClN6O2. The number of benzene rings is 2. The van der Waals surface area contributed by atoms with Gasteiger partial charge < -0.3 is 9.47 Å². The van der Waals surface area contributed by atoms with E-state index < -0.39 is 0 Å². The number of rotatable bonds is 5. The zero-order valence-electron chi connectivity index (χ0n) is 22.0. The van der Waals surface area contributed by atoms with E-state index in [0.29, 0.717) is 35.2 Å². The van der Waals surface area contributed by atoms with Gasteiger partial charge in [-0.2, -0.15) is 0 Å². The van der Waals surface area contributed by atoms with E-state index in [2.05, 4.69) is 23.1 Å². The predicted molar refractivity (Wildman–Crippen MR) is 152 cm³/mol. The average Bonchev–Trinajstić information content (AvgIpc) is 3.36. The van der Waals surface area contributed by atoms with Gasteiger partial charge in [0.1, 0.15) is 5.82 Å². The third-order valence-corrected chi connectivity index (χ3v) is 7.89. The van der Waals surface area contributed by atoms with Gasteiger partial charge in [0.05, 0.1) is 11.2 Å². The van der Waals surface area contributed by atoms with Gasteiger partial charge >= 0.3 is 0 Å². The van der Waals surface area contributed by atoms with E-state index in [1.54, 1.807) is 31.3 Å². The minimum atomic E-state index is -0.241. The summed E-state index contributed by atoms with van der Waals surface area (Å²) in [6, 6.07) is 19.2. The van der Waals surface area contributed by atoms with E-state index in [-0.39, 0.29) is 11.8 Å². The van der Waals surface area contributed by atoms with Gasteiger partial charge in [0.2, 0.25) is 0 Å². The molecule has 0 atom stereocenters. The van der Waals surface area contributed by atoms with Gasteiger partial charge in [0.25, 0.3) is 11.8 Å². The van der Waals surface area contributed by atoms with E-state index >= 15 is 0 Å². The van der Waals surface area contributed by atoms with Gasteiger partial charge in [-0.25, -0.2) is 4.98 Å². The minimum absolute atomic E-state index is 0.0696. The quantitative estimate of drug-likeness (QED) is 0.367. The molecule has 0 radical (unpaired) electrons. The number of para-hydroxylation sites is 1. The Morgan fingerprint density at radius 1 is 0.923 bits per heavy atom. The highest BCUT2D eigenvalue weighted by Crippen LogP contribution is 2.29. The van der Waals surface area contributed by atoms with Crippen LogP contribution in [0.3, 0.4) is 0 Å². The number of carbonyl (C=O) groups excluding carboxylic acids is 2. The maximum atomic E-state index is 14.0. The molecule has 2 aromatic carbocycles. The van der Waals surface area contributed by atoms with Crippen LogP contribution in [0.5, 0.6) is 0 Å². The van der Waals surface area contributed by atoms with Crippen molar-refractivity contribution in [2.45, 2.75) is 32.4 Å². The molecule has 0 spiro atoms. The summed E-state index contributed by atoms with van der Waals surface area (Å²) in [7, 11) is 1.68. The van der Waals surface area contributed by atoms with Crippen LogP contribution in [0.15, 0.2) is 60.7 Å². The van der Waals surface area contributed by atoms with Crippen LogP contribution >= 0.6 is 11.6 Å². The molecular weight excluding hydrogens is 512 g/mol. The smallest absolute Gasteiger partial charge is 0.274 e. The number of nitrogens with zero attached hydrogens (tertiary/aromatic N) is 6. The summed E-state index contributed by atoms with van der Waals surface area (Å²) in [5.74, 6) is 0.977. The Labute approximate surface area is 232 Å². The second-order valence-electron chi connectivity index (χ2n) is 10.2. The van der Waals surface area contributed by atoms with Crippen molar-refractivity contribution in [3.8, 4) is 0 Å². The molecule has 4 heterocycles. The molecule has 2 aliphatic heterocycles. The fourth-order valence-corrected chi connectivity index (χ4v) is 5.70. The molecule has 2 aliphatic rings. The average molecular weight is 543 g/mol. The summed E-state index contributed by atoms with van der Waals surface area (Å²) in [6.45, 7) is 4.21. The Morgan fingerprint density at radius 2 is 1.74 bits per heavy atom. The fraction of sp³-hybridized carbons (Fsp3) is 0.333. The highest BCUT2D eigenvalue weighted by molar-refractivity contribution is 6.31. The third kappa shape index (κ3) is 5.14. The molecule has 0 bridgehead atoms. The molecule has 4 aromatic rings. The van der Waals surface area contributed by atoms with Crippen molar-refractivity contribution < 1.29 is 9.59 Å². The molecule has 0 N–H and O–H groups in total. The molecule has 39 heavy (non-hydrogen) atoms. The molecule has 9 heteroatoms. The lowest BCUT2D eigenvalue weighted by Crippen LogP contribution is -2.49. The number of pyridine rings is 1. The van der Waals surface area contributed by atoms with Gasteiger partial charge in [-0.3, -0.25) is 24.4 Å². The van der Waals surface area contributed by atoms with Crippen molar-refractivity contribution in [3.63, 3.8) is 0 Å². The molecule has 8 nitrogen and oxygen atoms in total. The van der Waals surface area contributed by atoms with Crippen molar-refractivity contribution in [1.82, 2.24) is 24.3 Å². The number of carbonyl (C=O) groups is 2. The number of aryl methyl sites for hydroxylation is 1. The van der Waals surface area contributed by atoms with E-state index in [0.717, 1.165) is 67.9 Å². The largest absolute Gasteiger partial charge is 0.335 e. The van der Waals surface area contributed by atoms with Crippen molar-refractivity contribution in [1.29, 1.82) is 0 Å². The van der Waals surface area contributed by atoms with Crippen LogP contribution in [-0.4, -0.2) is 69.4 Å². The number of amides is 2. The fourth-order valence-electron chi connectivity index (χ4n) is 5.51. The Hall–Kier alpha value is -3.75. The highest BCUT2D eigenvalue weighted by Gasteiger charge is 2.33. The summed E-state index contributed by atoms with van der Waals surface area (Å²) in [6.07, 6.45) is 2.81. The summed E-state index contributed by atoms with van der Waals surface area (Å²) >= 11 is 6.13. The van der Waals surface area contributed by atoms with E-state index in [4.69, 9.17) is 21.6 Å². The molecule has 0 unspecified atom stereocenters. The van der Waals surface area contributed by atoms with Crippen LogP contribution in [-0.2, 0) is 19.5 Å². The first-order valence-corrected chi connectivity index (χ1v) is 13.8. The number of hydrogen-bond donors (Lipinski definition) is 0. The van der Waals surface area contributed by atoms with Crippen LogP contribution < -0.4 is 4.90 Å². The third-order valence-electron chi connectivity index (χ3n) is 7.66. The van der Waals surface area contributed by atoms with Crippen LogP contribution in [0.4, 0.5) is 5.82 Å². The Kier molecular flexibility index (Phi) is 7.06. The second-order valence-corrected chi connectivity index (χ2v) is 10.7. The maximum Gasteiger partial charge on any atom is 0.274 e. The Balaban J connectivity index is 1.19. The molecule has 2 amide bonds. The van der Waals surface area contributed by atoms with Crippen LogP contribution in [0.25, 0.3) is 10.9 Å². The zero-order valence-corrected chi connectivity index (χ0v) is 22.8. The zero-order chi connectivity index (χ0) is 26.9. The van der Waals surface area contributed by atoms with E-state index in [1.807, 2.05) is 27.7 Å². The predicted octanol–water partition coefficient (Wildman–Crippen LogP) is 4.66. The van der Waals surface area contributed by atoms with E-state index in [1.165, 1.54) is 4.90 Å². The lowest BCUT2D eigenvalue weighted by atomic mass is 10.1. The van der Waals surface area contributed by atoms with Crippen molar-refractivity contribution in [2.75, 3.05) is 38.1 Å². The lowest BCUT2D eigenvalue weighted by Gasteiger charge is -2.35. The summed E-state index contributed by atoms with van der Waals surface area (Å²) in [5, 5.41) is 1.63. The molecule has 1 fully saturated rings. The molecule has 6 rings (SSSR count). The van der Waals surface area contributed by atoms with Gasteiger partial charge in [0, 0.05) is 68.7 Å². The first-order chi connectivity index (χ1) is 19.0. The second kappa shape index (κ2) is 10.8. The number of anilines is 1. The lowest BCUT2D eigenvalue weighted by molar-refractivity contribution is 0.0616. The number of hydrogen-bond acceptors (Lipinski definition) is 5. The molecule has 0 aliphatic carbocycles. The van der Waals surface area contributed by atoms with Crippen LogP contribution in [0.2, 0.25) is 5.02 Å². The maximum absolute atomic E-state index is 14.0. The number of fused-ring (bicyclic) bond motifs is 2. The van der Waals surface area contributed by atoms with Crippen LogP contribution in [0, 0.1) is 0 Å². The summed E-state index contributed by atoms with van der Waals surface area (Å²) < 4.78 is 2.02. The van der Waals surface area contributed by atoms with Gasteiger partial charge in [0.15, 0.2) is 11.5 Å². The molecule has 200 valence electrons. The molecule has 1 saturated heterocycles. The summed E-state index contributed by atoms with van der Waals surface area (Å²) in [4.78, 5) is 42.6. The topological polar surface area (TPSA) is 74.6 Å². The number of aromatic nitrogens is 3. The summed E-state index contributed by atoms with van der Waals surface area (Å²) in [5.41, 5.74) is 3.00. The van der Waals surface area contributed by atoms with Crippen molar-refractivity contribution in [3.05, 3.63) is 88.5 Å². The number of piperazine rings is 1. The number of imidazole rings is 1. The molecule has 2 aromatic heterocycles. The SMILES string of the molecule is CN(C(=O)c1cccc(Cl)c1)c1nc2n(c1C(=O)N1CCN(Cc3ccc4ccccc4n3)CC1)CCCC2. The standard InChI is InChI=1S/C30H31ClN6O2/c1-34(29(38)22-8-6-9-23(31)19-22)28-27(37-14-5-4-11-26(37)33-28)30(39)36-17-15-35(16-18-36)20-24-13-12-21-7-2-3-10-25(21)32-24/h2-3,6-10,12-13,19H,4-5,11,14-18,20H2,1H3. The van der Waals surface area contributed by atoms with Gasteiger partial charge in [-0.15, -0.1) is 0 Å². The first kappa shape index (κ1) is 25.5.